The lowest BCUT2D eigenvalue weighted by Crippen LogP contribution is -2.45. The molecule has 1 N–H and O–H groups in total. The van der Waals surface area contributed by atoms with Gasteiger partial charge in [0.1, 0.15) is 0 Å². The minimum absolute atomic E-state index is 0.0764. The van der Waals surface area contributed by atoms with Crippen LogP contribution in [0.15, 0.2) is 0 Å². The van der Waals surface area contributed by atoms with E-state index in [0.29, 0.717) is 19.2 Å². The van der Waals surface area contributed by atoms with Gasteiger partial charge in [0.05, 0.1) is 13.2 Å². The highest BCUT2D eigenvalue weighted by atomic mass is 16.5. The first-order valence-electron chi connectivity index (χ1n) is 6.91. The monoisotopic (exact) mass is 240 g/mol. The molecule has 0 bridgehead atoms. The third-order valence-electron chi connectivity index (χ3n) is 3.87. The van der Waals surface area contributed by atoms with E-state index in [2.05, 4.69) is 10.2 Å². The highest BCUT2D eigenvalue weighted by Gasteiger charge is 2.29. The predicted molar refractivity (Wildman–Crippen MR) is 66.8 cm³/mol. The van der Waals surface area contributed by atoms with Gasteiger partial charge in [0.25, 0.3) is 0 Å². The van der Waals surface area contributed by atoms with Crippen LogP contribution in [0.1, 0.15) is 32.6 Å². The zero-order valence-electron chi connectivity index (χ0n) is 10.8. The van der Waals surface area contributed by atoms with Crippen molar-refractivity contribution in [3.63, 3.8) is 0 Å². The molecule has 2 rings (SSSR count). The van der Waals surface area contributed by atoms with Crippen LogP contribution in [-0.2, 0) is 9.53 Å². The fourth-order valence-electron chi connectivity index (χ4n) is 3.07. The molecule has 2 fully saturated rings. The smallest absolute Gasteiger partial charge is 0.320 e. The maximum atomic E-state index is 11.5. The number of hydrogen-bond donors (Lipinski definition) is 1. The van der Waals surface area contributed by atoms with Crippen LogP contribution in [0.25, 0.3) is 0 Å². The van der Waals surface area contributed by atoms with Crippen molar-refractivity contribution in [1.29, 1.82) is 0 Å². The van der Waals surface area contributed by atoms with Gasteiger partial charge in [-0.25, -0.2) is 0 Å². The molecule has 2 atom stereocenters. The number of nitrogens with zero attached hydrogens (tertiary/aromatic N) is 1. The van der Waals surface area contributed by atoms with Crippen LogP contribution in [-0.4, -0.2) is 49.7 Å². The van der Waals surface area contributed by atoms with Crippen molar-refractivity contribution >= 4 is 5.97 Å². The van der Waals surface area contributed by atoms with Crippen LogP contribution in [0.5, 0.6) is 0 Å². The molecule has 0 amide bonds. The zero-order valence-corrected chi connectivity index (χ0v) is 10.8. The largest absolute Gasteiger partial charge is 0.465 e. The predicted octanol–water partition coefficient (Wildman–Crippen LogP) is 1.01. The molecule has 0 aromatic carbocycles. The summed E-state index contributed by atoms with van der Waals surface area (Å²) in [5.41, 5.74) is 0. The Labute approximate surface area is 104 Å². The van der Waals surface area contributed by atoms with E-state index in [0.717, 1.165) is 19.0 Å². The lowest BCUT2D eigenvalue weighted by Gasteiger charge is -2.35. The second-order valence-corrected chi connectivity index (χ2v) is 5.15. The van der Waals surface area contributed by atoms with Gasteiger partial charge in [-0.05, 0) is 51.6 Å². The molecular weight excluding hydrogens is 216 g/mol. The third-order valence-corrected chi connectivity index (χ3v) is 3.87. The van der Waals surface area contributed by atoms with E-state index < -0.39 is 0 Å². The molecule has 0 saturated carbocycles. The van der Waals surface area contributed by atoms with Gasteiger partial charge < -0.3 is 10.1 Å². The number of esters is 1. The van der Waals surface area contributed by atoms with Crippen molar-refractivity contribution in [1.82, 2.24) is 10.2 Å². The van der Waals surface area contributed by atoms with Crippen LogP contribution in [0.3, 0.4) is 0 Å². The highest BCUT2D eigenvalue weighted by molar-refractivity contribution is 5.71. The van der Waals surface area contributed by atoms with Crippen molar-refractivity contribution in [2.24, 2.45) is 5.92 Å². The van der Waals surface area contributed by atoms with E-state index >= 15 is 0 Å². The van der Waals surface area contributed by atoms with E-state index in [1.807, 2.05) is 6.92 Å². The van der Waals surface area contributed by atoms with E-state index in [1.54, 1.807) is 0 Å². The zero-order chi connectivity index (χ0) is 12.1. The number of piperidine rings is 1. The van der Waals surface area contributed by atoms with E-state index in [1.165, 1.54) is 32.2 Å². The molecular formula is C13H24N2O2. The number of rotatable bonds is 4. The molecule has 4 heteroatoms. The van der Waals surface area contributed by atoms with Gasteiger partial charge in [-0.2, -0.15) is 0 Å². The Morgan fingerprint density at radius 3 is 3.00 bits per heavy atom. The van der Waals surface area contributed by atoms with E-state index in [-0.39, 0.29) is 5.97 Å². The van der Waals surface area contributed by atoms with Crippen molar-refractivity contribution < 1.29 is 9.53 Å². The average molecular weight is 240 g/mol. The second-order valence-electron chi connectivity index (χ2n) is 5.15. The van der Waals surface area contributed by atoms with E-state index in [4.69, 9.17) is 4.74 Å². The van der Waals surface area contributed by atoms with Gasteiger partial charge in [0.15, 0.2) is 0 Å². The summed E-state index contributed by atoms with van der Waals surface area (Å²) < 4.78 is 5.01. The first-order valence-corrected chi connectivity index (χ1v) is 6.91. The van der Waals surface area contributed by atoms with Gasteiger partial charge in [0.2, 0.25) is 0 Å². The summed E-state index contributed by atoms with van der Waals surface area (Å²) in [6, 6.07) is 0.681. The minimum atomic E-state index is -0.0764. The Kier molecular flexibility index (Phi) is 4.80. The molecule has 2 saturated heterocycles. The van der Waals surface area contributed by atoms with Crippen LogP contribution < -0.4 is 5.32 Å². The molecule has 0 aliphatic carbocycles. The summed E-state index contributed by atoms with van der Waals surface area (Å²) in [5.74, 6) is 0.646. The lowest BCUT2D eigenvalue weighted by atomic mass is 9.90. The number of nitrogens with one attached hydrogen (secondary N) is 1. The first-order chi connectivity index (χ1) is 8.29. The topological polar surface area (TPSA) is 41.6 Å². The Morgan fingerprint density at radius 2 is 2.29 bits per heavy atom. The third kappa shape index (κ3) is 3.68. The molecule has 98 valence electrons. The number of carbonyl (C=O) groups is 1. The lowest BCUT2D eigenvalue weighted by molar-refractivity contribution is -0.144. The molecule has 2 heterocycles. The maximum absolute atomic E-state index is 11.5. The average Bonchev–Trinajstić information content (AvgIpc) is 2.83. The molecule has 0 aromatic rings. The van der Waals surface area contributed by atoms with Gasteiger partial charge >= 0.3 is 5.97 Å². The van der Waals surface area contributed by atoms with Gasteiger partial charge in [0, 0.05) is 12.6 Å². The molecule has 2 aliphatic heterocycles. The Hall–Kier alpha value is -0.610. The number of ether oxygens (including phenoxy) is 1. The second kappa shape index (κ2) is 6.36. The summed E-state index contributed by atoms with van der Waals surface area (Å²) in [6.07, 6.45) is 5.12. The van der Waals surface area contributed by atoms with Gasteiger partial charge in [-0.1, -0.05) is 0 Å². The normalized spacial score (nSPS) is 30.4. The molecule has 0 radical (unpaired) electrons. The summed E-state index contributed by atoms with van der Waals surface area (Å²) >= 11 is 0. The van der Waals surface area contributed by atoms with Crippen molar-refractivity contribution in [3.8, 4) is 0 Å². The Balaban J connectivity index is 1.77. The highest BCUT2D eigenvalue weighted by Crippen LogP contribution is 2.24. The van der Waals surface area contributed by atoms with Crippen molar-refractivity contribution in [2.45, 2.75) is 38.6 Å². The molecule has 2 aliphatic rings. The molecule has 17 heavy (non-hydrogen) atoms. The summed E-state index contributed by atoms with van der Waals surface area (Å²) in [4.78, 5) is 13.7. The van der Waals surface area contributed by atoms with Crippen molar-refractivity contribution in [2.75, 3.05) is 32.8 Å². The van der Waals surface area contributed by atoms with Crippen LogP contribution in [0.4, 0.5) is 0 Å². The quantitative estimate of drug-likeness (QED) is 0.745. The number of hydrogen-bond acceptors (Lipinski definition) is 4. The number of carbonyl (C=O) groups excluding carboxylic acids is 1. The summed E-state index contributed by atoms with van der Waals surface area (Å²) in [7, 11) is 0. The van der Waals surface area contributed by atoms with Gasteiger partial charge in [-0.15, -0.1) is 0 Å². The first kappa shape index (κ1) is 12.8. The Bertz CT molecular complexity index is 252. The van der Waals surface area contributed by atoms with Crippen molar-refractivity contribution in [3.05, 3.63) is 0 Å². The summed E-state index contributed by atoms with van der Waals surface area (Å²) in [5, 5.41) is 3.58. The Morgan fingerprint density at radius 1 is 1.41 bits per heavy atom. The fraction of sp³-hybridized carbons (Fsp3) is 0.923. The van der Waals surface area contributed by atoms with Crippen LogP contribution >= 0.6 is 0 Å². The fourth-order valence-corrected chi connectivity index (χ4v) is 3.07. The minimum Gasteiger partial charge on any atom is -0.465 e. The molecule has 2 unspecified atom stereocenters. The maximum Gasteiger partial charge on any atom is 0.320 e. The summed E-state index contributed by atoms with van der Waals surface area (Å²) in [6.45, 7) is 6.08. The van der Waals surface area contributed by atoms with Crippen LogP contribution in [0.2, 0.25) is 0 Å². The number of likely N-dealkylation sites (tertiary alicyclic amines) is 1. The van der Waals surface area contributed by atoms with Crippen LogP contribution in [0, 0.1) is 5.92 Å². The van der Waals surface area contributed by atoms with Gasteiger partial charge in [-0.3, -0.25) is 9.69 Å². The SMILES string of the molecule is CCOC(=O)CN1CCCC(C2CCCN2)C1. The standard InChI is InChI=1S/C13H24N2O2/c1-2-17-13(16)10-15-8-4-5-11(9-15)12-6-3-7-14-12/h11-12,14H,2-10H2,1H3. The molecule has 0 spiro atoms. The molecule has 0 aromatic heterocycles. The van der Waals surface area contributed by atoms with E-state index in [9.17, 15) is 4.79 Å². The molecule has 4 nitrogen and oxygen atoms in total.